The molecule has 0 fully saturated rings. The van der Waals surface area contributed by atoms with Crippen LogP contribution in [0.1, 0.15) is 15.9 Å². The number of hydrogen-bond donors (Lipinski definition) is 0. The molecule has 0 N–H and O–H groups in total. The monoisotopic (exact) mass is 130 g/mol. The Balaban J connectivity index is 3.19. The fourth-order valence-corrected chi connectivity index (χ4v) is 0.802. The van der Waals surface area contributed by atoms with E-state index < -0.39 is 0 Å². The third kappa shape index (κ3) is 1.27. The van der Waals surface area contributed by atoms with Gasteiger partial charge < -0.3 is 0 Å². The van der Waals surface area contributed by atoms with Crippen molar-refractivity contribution in [3.63, 3.8) is 0 Å². The van der Waals surface area contributed by atoms with Gasteiger partial charge in [-0.15, -0.1) is 0 Å². The van der Waals surface area contributed by atoms with E-state index in [1.807, 2.05) is 13.0 Å². The molecule has 0 bridgehead atoms. The molecule has 0 unspecified atom stereocenters. The van der Waals surface area contributed by atoms with E-state index in [2.05, 4.69) is 0 Å². The lowest BCUT2D eigenvalue weighted by Gasteiger charge is -1.97. The minimum absolute atomic E-state index is 0.551. The summed E-state index contributed by atoms with van der Waals surface area (Å²) in [5.41, 5.74) is 2.18. The lowest BCUT2D eigenvalue weighted by atomic mass is 9.90. The van der Waals surface area contributed by atoms with E-state index >= 15 is 0 Å². The molecular weight excluding hydrogens is 123 g/mol. The second kappa shape index (κ2) is 2.69. The molecule has 0 aliphatic rings. The van der Waals surface area contributed by atoms with Crippen molar-refractivity contribution in [3.8, 4) is 0 Å². The number of rotatable bonds is 1. The average molecular weight is 130 g/mol. The number of benzene rings is 1. The van der Waals surface area contributed by atoms with Crippen molar-refractivity contribution in [1.82, 2.24) is 0 Å². The zero-order chi connectivity index (χ0) is 7.56. The highest BCUT2D eigenvalue weighted by molar-refractivity contribution is 6.35. The van der Waals surface area contributed by atoms with Crippen LogP contribution < -0.4 is 5.46 Å². The SMILES string of the molecule is [B]c1cc(C)ccc1C=O. The van der Waals surface area contributed by atoms with Gasteiger partial charge in [-0.1, -0.05) is 29.2 Å². The standard InChI is InChI=1S/C8H7BO/c1-6-2-3-7(5-10)8(9)4-6/h2-5H,1H3. The maximum Gasteiger partial charge on any atom is 0.149 e. The average Bonchev–Trinajstić information content (AvgIpc) is 1.88. The molecule has 0 saturated heterocycles. The molecule has 0 spiro atoms. The van der Waals surface area contributed by atoms with Crippen molar-refractivity contribution in [2.75, 3.05) is 0 Å². The summed E-state index contributed by atoms with van der Waals surface area (Å²) in [7, 11) is 5.50. The van der Waals surface area contributed by atoms with E-state index in [1.165, 1.54) is 0 Å². The van der Waals surface area contributed by atoms with Gasteiger partial charge in [0.25, 0.3) is 0 Å². The van der Waals surface area contributed by atoms with Crippen LogP contribution in [0.3, 0.4) is 0 Å². The lowest BCUT2D eigenvalue weighted by molar-refractivity contribution is 0.112. The first kappa shape index (κ1) is 7.07. The lowest BCUT2D eigenvalue weighted by Crippen LogP contribution is -2.09. The smallest absolute Gasteiger partial charge is 0.149 e. The Labute approximate surface area is 61.5 Å². The highest BCUT2D eigenvalue weighted by Gasteiger charge is 1.93. The maximum atomic E-state index is 10.3. The molecular formula is C8H7BO. The van der Waals surface area contributed by atoms with E-state index in [4.69, 9.17) is 7.85 Å². The summed E-state index contributed by atoms with van der Waals surface area (Å²) in [6.07, 6.45) is 0.759. The minimum atomic E-state index is 0.551. The summed E-state index contributed by atoms with van der Waals surface area (Å²) in [6, 6.07) is 5.36. The number of carbonyl (C=O) groups excluding carboxylic acids is 1. The molecule has 0 atom stereocenters. The maximum absolute atomic E-state index is 10.3. The van der Waals surface area contributed by atoms with E-state index in [1.54, 1.807) is 12.1 Å². The van der Waals surface area contributed by atoms with Crippen molar-refractivity contribution in [1.29, 1.82) is 0 Å². The Hall–Kier alpha value is -1.05. The highest BCUT2D eigenvalue weighted by Crippen LogP contribution is 1.95. The Morgan fingerprint density at radius 1 is 1.50 bits per heavy atom. The molecule has 0 aromatic heterocycles. The molecule has 2 radical (unpaired) electrons. The van der Waals surface area contributed by atoms with E-state index in [-0.39, 0.29) is 0 Å². The van der Waals surface area contributed by atoms with Gasteiger partial charge in [-0.3, -0.25) is 4.79 Å². The van der Waals surface area contributed by atoms with Crippen molar-refractivity contribution < 1.29 is 4.79 Å². The summed E-state index contributed by atoms with van der Waals surface area (Å²) < 4.78 is 0. The Kier molecular flexibility index (Phi) is 1.90. The van der Waals surface area contributed by atoms with Gasteiger partial charge in [0.1, 0.15) is 14.1 Å². The molecule has 0 amide bonds. The highest BCUT2D eigenvalue weighted by atomic mass is 16.1. The second-order valence-electron chi connectivity index (χ2n) is 2.25. The number of hydrogen-bond acceptors (Lipinski definition) is 1. The molecule has 2 heteroatoms. The molecule has 0 aliphatic carbocycles. The van der Waals surface area contributed by atoms with Crippen LogP contribution >= 0.6 is 0 Å². The number of aldehydes is 1. The summed E-state index contributed by atoms with van der Waals surface area (Å²) >= 11 is 0. The predicted molar refractivity (Wildman–Crippen MR) is 42.0 cm³/mol. The first-order valence-electron chi connectivity index (χ1n) is 3.05. The summed E-state index contributed by atoms with van der Waals surface area (Å²) in [4.78, 5) is 10.3. The Morgan fingerprint density at radius 3 is 2.70 bits per heavy atom. The van der Waals surface area contributed by atoms with Crippen LogP contribution in [0.2, 0.25) is 0 Å². The third-order valence-corrected chi connectivity index (χ3v) is 1.37. The molecule has 1 aromatic rings. The first-order valence-corrected chi connectivity index (χ1v) is 3.05. The van der Waals surface area contributed by atoms with Crippen molar-refractivity contribution >= 4 is 19.6 Å². The van der Waals surface area contributed by atoms with Gasteiger partial charge >= 0.3 is 0 Å². The van der Waals surface area contributed by atoms with Crippen molar-refractivity contribution in [2.45, 2.75) is 6.92 Å². The van der Waals surface area contributed by atoms with E-state index in [9.17, 15) is 4.79 Å². The Bertz CT molecular complexity index is 255. The van der Waals surface area contributed by atoms with Crippen LogP contribution in [0, 0.1) is 6.92 Å². The molecule has 1 rings (SSSR count). The zero-order valence-corrected chi connectivity index (χ0v) is 5.79. The molecule has 0 heterocycles. The van der Waals surface area contributed by atoms with Crippen LogP contribution in [0.4, 0.5) is 0 Å². The van der Waals surface area contributed by atoms with Crippen molar-refractivity contribution in [3.05, 3.63) is 29.3 Å². The van der Waals surface area contributed by atoms with Crippen LogP contribution in [0.5, 0.6) is 0 Å². The van der Waals surface area contributed by atoms with Gasteiger partial charge in [0.05, 0.1) is 0 Å². The fourth-order valence-electron chi connectivity index (χ4n) is 0.802. The largest absolute Gasteiger partial charge is 0.298 e. The van der Waals surface area contributed by atoms with Gasteiger partial charge in [-0.2, -0.15) is 0 Å². The molecule has 48 valence electrons. The zero-order valence-electron chi connectivity index (χ0n) is 5.79. The van der Waals surface area contributed by atoms with Crippen LogP contribution in [0.25, 0.3) is 0 Å². The normalized spacial score (nSPS) is 9.30. The van der Waals surface area contributed by atoms with E-state index in [0.29, 0.717) is 11.0 Å². The molecule has 10 heavy (non-hydrogen) atoms. The second-order valence-corrected chi connectivity index (χ2v) is 2.25. The summed E-state index contributed by atoms with van der Waals surface area (Å²) in [5, 5.41) is 0. The topological polar surface area (TPSA) is 17.1 Å². The van der Waals surface area contributed by atoms with Gasteiger partial charge in [0, 0.05) is 5.56 Å². The van der Waals surface area contributed by atoms with Crippen LogP contribution in [-0.2, 0) is 0 Å². The van der Waals surface area contributed by atoms with Crippen LogP contribution in [-0.4, -0.2) is 14.1 Å². The quantitative estimate of drug-likeness (QED) is 0.401. The number of aryl methyl sites for hydroxylation is 1. The van der Waals surface area contributed by atoms with E-state index in [0.717, 1.165) is 11.8 Å². The first-order chi connectivity index (χ1) is 4.74. The van der Waals surface area contributed by atoms with Gasteiger partial charge in [-0.05, 0) is 6.92 Å². The predicted octanol–water partition coefficient (Wildman–Crippen LogP) is 0.601. The van der Waals surface area contributed by atoms with Gasteiger partial charge in [0.15, 0.2) is 0 Å². The third-order valence-electron chi connectivity index (χ3n) is 1.37. The summed E-state index contributed by atoms with van der Waals surface area (Å²) in [6.45, 7) is 1.94. The Morgan fingerprint density at radius 2 is 2.20 bits per heavy atom. The minimum Gasteiger partial charge on any atom is -0.298 e. The summed E-state index contributed by atoms with van der Waals surface area (Å²) in [5.74, 6) is 0. The molecule has 1 nitrogen and oxygen atoms in total. The molecule has 0 aliphatic heterocycles. The van der Waals surface area contributed by atoms with Crippen LogP contribution in [0.15, 0.2) is 18.2 Å². The fraction of sp³-hybridized carbons (Fsp3) is 0.125. The van der Waals surface area contributed by atoms with Crippen molar-refractivity contribution in [2.24, 2.45) is 0 Å². The molecule has 1 aromatic carbocycles. The molecule has 0 saturated carbocycles. The number of carbonyl (C=O) groups is 1. The van der Waals surface area contributed by atoms with Gasteiger partial charge in [0.2, 0.25) is 0 Å². The van der Waals surface area contributed by atoms with Gasteiger partial charge in [-0.25, -0.2) is 0 Å².